The zero-order valence-electron chi connectivity index (χ0n) is 14.9. The topological polar surface area (TPSA) is 102 Å². The normalized spacial score (nSPS) is 10.3. The first kappa shape index (κ1) is 18.1. The van der Waals surface area contributed by atoms with Crippen LogP contribution in [0.5, 0.6) is 0 Å². The molecule has 2 aromatic carbocycles. The van der Waals surface area contributed by atoms with E-state index in [1.165, 1.54) is 23.0 Å². The minimum absolute atomic E-state index is 0.140. The second-order valence-corrected chi connectivity index (χ2v) is 5.72. The molecule has 3 rings (SSSR count). The molecule has 0 unspecified atom stereocenters. The fourth-order valence-electron chi connectivity index (χ4n) is 2.45. The number of tetrazole rings is 1. The van der Waals surface area contributed by atoms with E-state index in [4.69, 9.17) is 0 Å². The average molecular weight is 366 g/mol. The minimum Gasteiger partial charge on any atom is -0.452 e. The summed E-state index contributed by atoms with van der Waals surface area (Å²) in [5.41, 5.74) is 2.99. The number of rotatable bonds is 5. The van der Waals surface area contributed by atoms with Crippen LogP contribution in [0.3, 0.4) is 0 Å². The number of nitrogens with one attached hydrogen (secondary N) is 1. The van der Waals surface area contributed by atoms with Gasteiger partial charge in [0.1, 0.15) is 6.33 Å². The van der Waals surface area contributed by atoms with Gasteiger partial charge in [-0.1, -0.05) is 12.1 Å². The second kappa shape index (κ2) is 8.09. The first-order valence-corrected chi connectivity index (χ1v) is 8.10. The van der Waals surface area contributed by atoms with Crippen LogP contribution in [-0.2, 0) is 16.0 Å². The summed E-state index contributed by atoms with van der Waals surface area (Å²) in [6.07, 6.45) is 1.28. The van der Waals surface area contributed by atoms with Crippen molar-refractivity contribution in [1.82, 2.24) is 20.2 Å². The molecule has 0 aliphatic rings. The Morgan fingerprint density at radius 3 is 2.41 bits per heavy atom. The number of carbonyl (C=O) groups is 2. The van der Waals surface area contributed by atoms with Crippen LogP contribution in [0.25, 0.3) is 5.69 Å². The van der Waals surface area contributed by atoms with Gasteiger partial charge in [0.05, 0.1) is 19.2 Å². The molecule has 9 nitrogen and oxygen atoms in total. The van der Waals surface area contributed by atoms with E-state index in [0.717, 1.165) is 11.3 Å². The standard InChI is InChI=1S/C18H18N6O3/c1-23(18(26)27-2)15-9-5-14(6-10-15)20-17(25)11-13-3-7-16(8-4-13)24-12-19-21-22-24/h3-10,12H,11H2,1-2H3,(H,20,25). The summed E-state index contributed by atoms with van der Waals surface area (Å²) in [5, 5.41) is 13.8. The fourth-order valence-corrected chi connectivity index (χ4v) is 2.45. The van der Waals surface area contributed by atoms with Crippen molar-refractivity contribution >= 4 is 23.4 Å². The maximum Gasteiger partial charge on any atom is 0.413 e. The Balaban J connectivity index is 1.58. The fraction of sp³-hybridized carbons (Fsp3) is 0.167. The summed E-state index contributed by atoms with van der Waals surface area (Å²) >= 11 is 0. The first-order chi connectivity index (χ1) is 13.1. The molecule has 1 aromatic heterocycles. The number of ether oxygens (including phenoxy) is 1. The Bertz CT molecular complexity index is 907. The Morgan fingerprint density at radius 1 is 1.11 bits per heavy atom. The molecule has 0 spiro atoms. The lowest BCUT2D eigenvalue weighted by atomic mass is 10.1. The number of nitrogens with zero attached hydrogens (tertiary/aromatic N) is 5. The zero-order valence-corrected chi connectivity index (χ0v) is 14.9. The lowest BCUT2D eigenvalue weighted by Crippen LogP contribution is -2.25. The SMILES string of the molecule is COC(=O)N(C)c1ccc(NC(=O)Cc2ccc(-n3cnnn3)cc2)cc1. The summed E-state index contributed by atoms with van der Waals surface area (Å²) in [7, 11) is 2.93. The van der Waals surface area contributed by atoms with Gasteiger partial charge in [0.25, 0.3) is 0 Å². The predicted octanol–water partition coefficient (Wildman–Crippen LogP) is 2.05. The van der Waals surface area contributed by atoms with Crippen molar-refractivity contribution < 1.29 is 14.3 Å². The van der Waals surface area contributed by atoms with Crippen molar-refractivity contribution in [2.45, 2.75) is 6.42 Å². The van der Waals surface area contributed by atoms with E-state index in [1.54, 1.807) is 31.3 Å². The second-order valence-electron chi connectivity index (χ2n) is 5.72. The molecule has 3 aromatic rings. The molecule has 0 radical (unpaired) electrons. The number of amides is 2. The first-order valence-electron chi connectivity index (χ1n) is 8.10. The molecule has 0 aliphatic carbocycles. The van der Waals surface area contributed by atoms with E-state index in [-0.39, 0.29) is 12.3 Å². The van der Waals surface area contributed by atoms with Crippen LogP contribution in [0.1, 0.15) is 5.56 Å². The van der Waals surface area contributed by atoms with E-state index in [1.807, 2.05) is 24.3 Å². The number of hydrogen-bond acceptors (Lipinski definition) is 6. The molecule has 2 amide bonds. The van der Waals surface area contributed by atoms with E-state index in [2.05, 4.69) is 25.6 Å². The largest absolute Gasteiger partial charge is 0.452 e. The smallest absolute Gasteiger partial charge is 0.413 e. The number of aromatic nitrogens is 4. The van der Waals surface area contributed by atoms with Crippen LogP contribution < -0.4 is 10.2 Å². The lowest BCUT2D eigenvalue weighted by molar-refractivity contribution is -0.115. The van der Waals surface area contributed by atoms with Crippen LogP contribution >= 0.6 is 0 Å². The number of methoxy groups -OCH3 is 1. The molecule has 0 fully saturated rings. The van der Waals surface area contributed by atoms with Gasteiger partial charge in [-0.2, -0.15) is 0 Å². The van der Waals surface area contributed by atoms with Gasteiger partial charge in [-0.15, -0.1) is 5.10 Å². The number of benzene rings is 2. The van der Waals surface area contributed by atoms with Crippen LogP contribution in [0.2, 0.25) is 0 Å². The Morgan fingerprint density at radius 2 is 1.81 bits per heavy atom. The van der Waals surface area contributed by atoms with Gasteiger partial charge in [-0.25, -0.2) is 9.48 Å². The highest BCUT2D eigenvalue weighted by molar-refractivity contribution is 5.93. The molecule has 0 atom stereocenters. The van der Waals surface area contributed by atoms with Gasteiger partial charge in [0, 0.05) is 18.4 Å². The van der Waals surface area contributed by atoms with Crippen LogP contribution in [0.15, 0.2) is 54.9 Å². The highest BCUT2D eigenvalue weighted by atomic mass is 16.5. The van der Waals surface area contributed by atoms with Gasteiger partial charge >= 0.3 is 6.09 Å². The molecule has 138 valence electrons. The molecule has 0 bridgehead atoms. The number of carbonyl (C=O) groups excluding carboxylic acids is 2. The molecular formula is C18H18N6O3. The summed E-state index contributed by atoms with van der Waals surface area (Å²) in [4.78, 5) is 25.1. The van der Waals surface area contributed by atoms with Crippen molar-refractivity contribution in [3.63, 3.8) is 0 Å². The maximum absolute atomic E-state index is 12.2. The number of anilines is 2. The van der Waals surface area contributed by atoms with Gasteiger partial charge < -0.3 is 10.1 Å². The minimum atomic E-state index is -0.461. The van der Waals surface area contributed by atoms with Crippen molar-refractivity contribution in [2.75, 3.05) is 24.4 Å². The average Bonchev–Trinajstić information content (AvgIpc) is 3.22. The zero-order chi connectivity index (χ0) is 19.2. The van der Waals surface area contributed by atoms with Crippen molar-refractivity contribution in [3.8, 4) is 5.69 Å². The third-order valence-corrected chi connectivity index (χ3v) is 3.90. The van der Waals surface area contributed by atoms with E-state index >= 15 is 0 Å². The predicted molar refractivity (Wildman–Crippen MR) is 98.7 cm³/mol. The molecule has 0 saturated carbocycles. The van der Waals surface area contributed by atoms with Crippen LogP contribution in [0, 0.1) is 0 Å². The Labute approximate surface area is 155 Å². The van der Waals surface area contributed by atoms with Gasteiger partial charge in [0.2, 0.25) is 5.91 Å². The molecule has 1 N–H and O–H groups in total. The molecule has 27 heavy (non-hydrogen) atoms. The molecule has 0 saturated heterocycles. The molecule has 9 heteroatoms. The summed E-state index contributed by atoms with van der Waals surface area (Å²) < 4.78 is 6.20. The molecular weight excluding hydrogens is 348 g/mol. The maximum atomic E-state index is 12.2. The van der Waals surface area contributed by atoms with Gasteiger partial charge in [0.15, 0.2) is 0 Å². The van der Waals surface area contributed by atoms with E-state index in [0.29, 0.717) is 11.4 Å². The van der Waals surface area contributed by atoms with Crippen LogP contribution in [0.4, 0.5) is 16.2 Å². The van der Waals surface area contributed by atoms with Crippen LogP contribution in [-0.4, -0.2) is 46.4 Å². The quantitative estimate of drug-likeness (QED) is 0.741. The molecule has 1 heterocycles. The summed E-state index contributed by atoms with van der Waals surface area (Å²) in [6, 6.07) is 14.3. The van der Waals surface area contributed by atoms with E-state index in [9.17, 15) is 9.59 Å². The van der Waals surface area contributed by atoms with E-state index < -0.39 is 6.09 Å². The van der Waals surface area contributed by atoms with Crippen molar-refractivity contribution in [3.05, 3.63) is 60.4 Å². The van der Waals surface area contributed by atoms with Crippen molar-refractivity contribution in [1.29, 1.82) is 0 Å². The van der Waals surface area contributed by atoms with Gasteiger partial charge in [-0.3, -0.25) is 9.69 Å². The lowest BCUT2D eigenvalue weighted by Gasteiger charge is -2.16. The summed E-state index contributed by atoms with van der Waals surface area (Å²) in [5.74, 6) is -0.140. The van der Waals surface area contributed by atoms with Crippen molar-refractivity contribution in [2.24, 2.45) is 0 Å². The summed E-state index contributed by atoms with van der Waals surface area (Å²) in [6.45, 7) is 0. The highest BCUT2D eigenvalue weighted by Crippen LogP contribution is 2.18. The number of hydrogen-bond donors (Lipinski definition) is 1. The monoisotopic (exact) mass is 366 g/mol. The third kappa shape index (κ3) is 4.46. The Hall–Kier alpha value is -3.75. The molecule has 0 aliphatic heterocycles. The van der Waals surface area contributed by atoms with Gasteiger partial charge in [-0.05, 0) is 52.4 Å². The highest BCUT2D eigenvalue weighted by Gasteiger charge is 2.11. The Kier molecular flexibility index (Phi) is 5.41. The third-order valence-electron chi connectivity index (χ3n) is 3.90.